The monoisotopic (exact) mass is 342 g/mol. The molecule has 0 unspecified atom stereocenters. The number of para-hydroxylation sites is 1. The van der Waals surface area contributed by atoms with Crippen LogP contribution in [-0.4, -0.2) is 43.7 Å². The van der Waals surface area contributed by atoms with Gasteiger partial charge in [0.25, 0.3) is 0 Å². The second kappa shape index (κ2) is 9.52. The minimum Gasteiger partial charge on any atom is -0.496 e. The van der Waals surface area contributed by atoms with Crippen LogP contribution in [0.3, 0.4) is 0 Å². The quantitative estimate of drug-likeness (QED) is 0.619. The van der Waals surface area contributed by atoms with Crippen molar-refractivity contribution in [3.8, 4) is 11.6 Å². The van der Waals surface area contributed by atoms with Gasteiger partial charge in [0.05, 0.1) is 13.7 Å². The number of aliphatic imine (C=N–C) groups is 1. The molecule has 0 saturated heterocycles. The second-order valence-corrected chi connectivity index (χ2v) is 5.50. The van der Waals surface area contributed by atoms with Gasteiger partial charge in [0.1, 0.15) is 5.75 Å². The number of methoxy groups -OCH3 is 1. The first-order valence-corrected chi connectivity index (χ1v) is 8.29. The van der Waals surface area contributed by atoms with Crippen LogP contribution in [0.4, 0.5) is 0 Å². The molecule has 1 aromatic carbocycles. The molecule has 2 rings (SSSR count). The van der Waals surface area contributed by atoms with Crippen molar-refractivity contribution in [1.82, 2.24) is 15.2 Å². The molecule has 1 N–H and O–H groups in total. The maximum absolute atomic E-state index is 5.44. The summed E-state index contributed by atoms with van der Waals surface area (Å²) in [6.45, 7) is 3.89. The SMILES string of the molecule is CCOc1cc(CNC(=NC)N(C)Cc2ccccc2OC)ccn1. The number of hydrogen-bond acceptors (Lipinski definition) is 4. The molecule has 1 heterocycles. The summed E-state index contributed by atoms with van der Waals surface area (Å²) in [5.41, 5.74) is 2.20. The van der Waals surface area contributed by atoms with Crippen molar-refractivity contribution in [2.24, 2.45) is 4.99 Å². The summed E-state index contributed by atoms with van der Waals surface area (Å²) in [5.74, 6) is 2.32. The zero-order chi connectivity index (χ0) is 18.1. The average molecular weight is 342 g/mol. The van der Waals surface area contributed by atoms with Crippen LogP contribution < -0.4 is 14.8 Å². The van der Waals surface area contributed by atoms with Crippen molar-refractivity contribution in [2.45, 2.75) is 20.0 Å². The lowest BCUT2D eigenvalue weighted by molar-refractivity contribution is 0.326. The Morgan fingerprint density at radius 1 is 1.28 bits per heavy atom. The maximum Gasteiger partial charge on any atom is 0.213 e. The van der Waals surface area contributed by atoms with Crippen molar-refractivity contribution >= 4 is 5.96 Å². The molecule has 0 spiro atoms. The molecule has 0 radical (unpaired) electrons. The largest absolute Gasteiger partial charge is 0.496 e. The van der Waals surface area contributed by atoms with E-state index in [1.807, 2.05) is 44.3 Å². The second-order valence-electron chi connectivity index (χ2n) is 5.50. The molecule has 2 aromatic rings. The normalized spacial score (nSPS) is 11.1. The van der Waals surface area contributed by atoms with Gasteiger partial charge >= 0.3 is 0 Å². The smallest absolute Gasteiger partial charge is 0.213 e. The maximum atomic E-state index is 5.44. The summed E-state index contributed by atoms with van der Waals surface area (Å²) in [4.78, 5) is 10.6. The molecule has 6 heteroatoms. The van der Waals surface area contributed by atoms with E-state index in [2.05, 4.69) is 26.3 Å². The molecule has 0 saturated carbocycles. The highest BCUT2D eigenvalue weighted by atomic mass is 16.5. The number of pyridine rings is 1. The zero-order valence-corrected chi connectivity index (χ0v) is 15.3. The Morgan fingerprint density at radius 2 is 2.08 bits per heavy atom. The van der Waals surface area contributed by atoms with Crippen LogP contribution in [0.2, 0.25) is 0 Å². The number of benzene rings is 1. The van der Waals surface area contributed by atoms with Crippen LogP contribution in [0.5, 0.6) is 11.6 Å². The number of guanidine groups is 1. The van der Waals surface area contributed by atoms with E-state index in [9.17, 15) is 0 Å². The van der Waals surface area contributed by atoms with Crippen LogP contribution in [0.25, 0.3) is 0 Å². The van der Waals surface area contributed by atoms with E-state index in [1.54, 1.807) is 20.4 Å². The molecule has 0 bridgehead atoms. The molecule has 25 heavy (non-hydrogen) atoms. The van der Waals surface area contributed by atoms with Gasteiger partial charge in [0, 0.05) is 45.0 Å². The fourth-order valence-corrected chi connectivity index (χ4v) is 2.52. The number of hydrogen-bond donors (Lipinski definition) is 1. The van der Waals surface area contributed by atoms with E-state index in [0.717, 1.165) is 22.8 Å². The fraction of sp³-hybridized carbons (Fsp3) is 0.368. The Hall–Kier alpha value is -2.76. The average Bonchev–Trinajstić information content (AvgIpc) is 2.63. The highest BCUT2D eigenvalue weighted by molar-refractivity contribution is 5.79. The fourth-order valence-electron chi connectivity index (χ4n) is 2.52. The molecule has 0 atom stereocenters. The third kappa shape index (κ3) is 5.38. The summed E-state index contributed by atoms with van der Waals surface area (Å²) in [6, 6.07) is 11.9. The van der Waals surface area contributed by atoms with E-state index < -0.39 is 0 Å². The molecule has 0 amide bonds. The molecule has 0 aliphatic carbocycles. The Kier molecular flexibility index (Phi) is 7.07. The van der Waals surface area contributed by atoms with Crippen LogP contribution in [0, 0.1) is 0 Å². The van der Waals surface area contributed by atoms with E-state index in [-0.39, 0.29) is 0 Å². The standard InChI is InChI=1S/C19H26N4O2/c1-5-25-18-12-15(10-11-21-18)13-22-19(20-2)23(3)14-16-8-6-7-9-17(16)24-4/h6-12H,5,13-14H2,1-4H3,(H,20,22). The molecule has 134 valence electrons. The number of nitrogens with zero attached hydrogens (tertiary/aromatic N) is 3. The van der Waals surface area contributed by atoms with Gasteiger partial charge in [0.15, 0.2) is 5.96 Å². The van der Waals surface area contributed by atoms with Gasteiger partial charge in [-0.25, -0.2) is 4.98 Å². The number of rotatable bonds is 7. The topological polar surface area (TPSA) is 59.0 Å². The lowest BCUT2D eigenvalue weighted by Gasteiger charge is -2.23. The van der Waals surface area contributed by atoms with Crippen molar-refractivity contribution in [3.63, 3.8) is 0 Å². The van der Waals surface area contributed by atoms with Crippen molar-refractivity contribution in [3.05, 3.63) is 53.7 Å². The van der Waals surface area contributed by atoms with Gasteiger partial charge in [-0.05, 0) is 24.6 Å². The van der Waals surface area contributed by atoms with E-state index in [0.29, 0.717) is 25.6 Å². The molecule has 1 aromatic heterocycles. The minimum absolute atomic E-state index is 0.604. The van der Waals surface area contributed by atoms with E-state index in [4.69, 9.17) is 9.47 Å². The number of nitrogens with one attached hydrogen (secondary N) is 1. The highest BCUT2D eigenvalue weighted by Gasteiger charge is 2.10. The molecule has 6 nitrogen and oxygen atoms in total. The van der Waals surface area contributed by atoms with Crippen LogP contribution in [0.1, 0.15) is 18.1 Å². The van der Waals surface area contributed by atoms with Crippen molar-refractivity contribution in [1.29, 1.82) is 0 Å². The summed E-state index contributed by atoms with van der Waals surface area (Å²) in [5, 5.41) is 3.36. The summed E-state index contributed by atoms with van der Waals surface area (Å²) in [7, 11) is 5.46. The summed E-state index contributed by atoms with van der Waals surface area (Å²) >= 11 is 0. The molecule has 0 aliphatic rings. The number of aromatic nitrogens is 1. The van der Waals surface area contributed by atoms with Gasteiger partial charge in [0.2, 0.25) is 5.88 Å². The highest BCUT2D eigenvalue weighted by Crippen LogP contribution is 2.18. The first kappa shape index (κ1) is 18.6. The van der Waals surface area contributed by atoms with E-state index >= 15 is 0 Å². The van der Waals surface area contributed by atoms with Gasteiger partial charge in [-0.1, -0.05) is 18.2 Å². The summed E-state index contributed by atoms with van der Waals surface area (Å²) < 4.78 is 10.9. The van der Waals surface area contributed by atoms with Crippen LogP contribution in [0.15, 0.2) is 47.6 Å². The van der Waals surface area contributed by atoms with Gasteiger partial charge < -0.3 is 19.7 Å². The molecule has 0 fully saturated rings. The Labute approximate surface area is 149 Å². The lowest BCUT2D eigenvalue weighted by Crippen LogP contribution is -2.38. The lowest BCUT2D eigenvalue weighted by atomic mass is 10.2. The van der Waals surface area contributed by atoms with Crippen LogP contribution in [-0.2, 0) is 13.1 Å². The van der Waals surface area contributed by atoms with Gasteiger partial charge in [-0.3, -0.25) is 4.99 Å². The first-order chi connectivity index (χ1) is 12.2. The van der Waals surface area contributed by atoms with Crippen LogP contribution >= 0.6 is 0 Å². The predicted octanol–water partition coefficient (Wildman–Crippen LogP) is 2.70. The Bertz CT molecular complexity index is 703. The molecular formula is C19H26N4O2. The number of ether oxygens (including phenoxy) is 2. The summed E-state index contributed by atoms with van der Waals surface area (Å²) in [6.07, 6.45) is 1.75. The van der Waals surface area contributed by atoms with Crippen molar-refractivity contribution < 1.29 is 9.47 Å². The third-order valence-electron chi connectivity index (χ3n) is 3.72. The zero-order valence-electron chi connectivity index (χ0n) is 15.3. The van der Waals surface area contributed by atoms with E-state index in [1.165, 1.54) is 0 Å². The third-order valence-corrected chi connectivity index (χ3v) is 3.72. The Morgan fingerprint density at radius 3 is 2.80 bits per heavy atom. The Balaban J connectivity index is 1.98. The first-order valence-electron chi connectivity index (χ1n) is 8.29. The minimum atomic E-state index is 0.604. The van der Waals surface area contributed by atoms with Crippen molar-refractivity contribution in [2.75, 3.05) is 27.8 Å². The predicted molar refractivity (Wildman–Crippen MR) is 100 cm³/mol. The molecular weight excluding hydrogens is 316 g/mol. The van der Waals surface area contributed by atoms with Gasteiger partial charge in [-0.15, -0.1) is 0 Å². The molecule has 0 aliphatic heterocycles. The van der Waals surface area contributed by atoms with Gasteiger partial charge in [-0.2, -0.15) is 0 Å².